The molecule has 7 heteroatoms. The van der Waals surface area contributed by atoms with Crippen LogP contribution in [0.15, 0.2) is 72.3 Å². The van der Waals surface area contributed by atoms with Crippen molar-refractivity contribution < 1.29 is 19.1 Å². The van der Waals surface area contributed by atoms with Gasteiger partial charge in [0.25, 0.3) is 5.78 Å². The van der Waals surface area contributed by atoms with E-state index in [0.29, 0.717) is 21.3 Å². The number of halogens is 1. The molecule has 1 atom stereocenters. The Morgan fingerprint density at radius 2 is 1.67 bits per heavy atom. The van der Waals surface area contributed by atoms with Gasteiger partial charge in [0.1, 0.15) is 11.6 Å². The van der Waals surface area contributed by atoms with Gasteiger partial charge in [0.05, 0.1) is 21.8 Å². The number of carbonyl (C=O) groups is 2. The van der Waals surface area contributed by atoms with Crippen LogP contribution in [0.1, 0.15) is 49.1 Å². The van der Waals surface area contributed by atoms with Crippen molar-refractivity contribution in [2.24, 2.45) is 0 Å². The number of rotatable bonds is 3. The molecule has 0 radical (unpaired) electrons. The number of nitrogens with zero attached hydrogens (tertiary/aromatic N) is 2. The highest BCUT2D eigenvalue weighted by Crippen LogP contribution is 2.44. The highest BCUT2D eigenvalue weighted by Gasteiger charge is 2.48. The predicted molar refractivity (Wildman–Crippen MR) is 141 cm³/mol. The molecule has 2 heterocycles. The number of anilines is 1. The van der Waals surface area contributed by atoms with Crippen LogP contribution in [0, 0.1) is 12.7 Å². The Morgan fingerprint density at radius 3 is 2.31 bits per heavy atom. The highest BCUT2D eigenvalue weighted by molar-refractivity contribution is 7.22. The lowest BCUT2D eigenvalue weighted by Crippen LogP contribution is -2.29. The van der Waals surface area contributed by atoms with E-state index in [0.717, 1.165) is 22.5 Å². The summed E-state index contributed by atoms with van der Waals surface area (Å²) in [5.41, 5.74) is 3.65. The van der Waals surface area contributed by atoms with Crippen molar-refractivity contribution in [1.29, 1.82) is 0 Å². The van der Waals surface area contributed by atoms with Gasteiger partial charge in [-0.3, -0.25) is 14.5 Å². The normalized spacial score (nSPS) is 17.8. The number of thiazole rings is 1. The summed E-state index contributed by atoms with van der Waals surface area (Å²) in [6.07, 6.45) is 0. The second-order valence-corrected chi connectivity index (χ2v) is 11.0. The number of Topliss-reactive ketones (excluding diaryl/α,β-unsaturated/α-hetero) is 1. The summed E-state index contributed by atoms with van der Waals surface area (Å²) in [5.74, 6) is -2.22. The first-order valence-corrected chi connectivity index (χ1v) is 12.4. The van der Waals surface area contributed by atoms with Crippen LogP contribution in [0.25, 0.3) is 16.0 Å². The van der Waals surface area contributed by atoms with Crippen molar-refractivity contribution in [3.8, 4) is 0 Å². The van der Waals surface area contributed by atoms with E-state index >= 15 is 0 Å². The third-order valence-corrected chi connectivity index (χ3v) is 7.42. The first-order chi connectivity index (χ1) is 17.0. The summed E-state index contributed by atoms with van der Waals surface area (Å²) in [7, 11) is 0. The number of aromatic nitrogens is 1. The lowest BCUT2D eigenvalue weighted by atomic mass is 9.85. The van der Waals surface area contributed by atoms with Crippen molar-refractivity contribution >= 4 is 44.1 Å². The number of hydrogen-bond acceptors (Lipinski definition) is 5. The van der Waals surface area contributed by atoms with E-state index in [2.05, 4.69) is 25.8 Å². The Hall–Kier alpha value is -3.84. The van der Waals surface area contributed by atoms with Gasteiger partial charge in [0, 0.05) is 5.56 Å². The van der Waals surface area contributed by atoms with Gasteiger partial charge in [-0.15, -0.1) is 0 Å². The molecule has 3 aromatic carbocycles. The molecular formula is C29H25FN2O3S. The van der Waals surface area contributed by atoms with E-state index in [-0.39, 0.29) is 21.9 Å². The molecule has 1 aromatic heterocycles. The monoisotopic (exact) mass is 500 g/mol. The van der Waals surface area contributed by atoms with E-state index < -0.39 is 23.5 Å². The van der Waals surface area contributed by atoms with E-state index in [4.69, 9.17) is 0 Å². The molecule has 0 unspecified atom stereocenters. The fourth-order valence-electron chi connectivity index (χ4n) is 4.37. The molecule has 1 aliphatic heterocycles. The Morgan fingerprint density at radius 1 is 1.00 bits per heavy atom. The summed E-state index contributed by atoms with van der Waals surface area (Å²) in [4.78, 5) is 32.6. The van der Waals surface area contributed by atoms with Gasteiger partial charge < -0.3 is 5.11 Å². The topological polar surface area (TPSA) is 70.5 Å². The zero-order valence-corrected chi connectivity index (χ0v) is 21.2. The average molecular weight is 501 g/mol. The number of fused-ring (bicyclic) bond motifs is 1. The summed E-state index contributed by atoms with van der Waals surface area (Å²) in [6.45, 7) is 8.23. The van der Waals surface area contributed by atoms with Crippen LogP contribution in [0.4, 0.5) is 9.52 Å². The second kappa shape index (κ2) is 8.68. The lowest BCUT2D eigenvalue weighted by Gasteiger charge is -2.24. The zero-order chi connectivity index (χ0) is 25.8. The maximum Gasteiger partial charge on any atom is 0.301 e. The Bertz CT molecular complexity index is 1530. The molecule has 1 aliphatic rings. The first-order valence-electron chi connectivity index (χ1n) is 11.6. The number of amides is 1. The molecule has 0 spiro atoms. The third-order valence-electron chi connectivity index (χ3n) is 6.41. The van der Waals surface area contributed by atoms with Crippen LogP contribution in [-0.2, 0) is 15.0 Å². The van der Waals surface area contributed by atoms with Crippen molar-refractivity contribution in [2.45, 2.75) is 39.2 Å². The van der Waals surface area contributed by atoms with E-state index in [1.54, 1.807) is 18.2 Å². The van der Waals surface area contributed by atoms with Crippen LogP contribution in [0.3, 0.4) is 0 Å². The number of carbonyl (C=O) groups excluding carboxylic acids is 2. The van der Waals surface area contributed by atoms with Crippen molar-refractivity contribution in [3.63, 3.8) is 0 Å². The van der Waals surface area contributed by atoms with E-state index in [1.165, 1.54) is 17.0 Å². The number of hydrogen-bond donors (Lipinski definition) is 1. The summed E-state index contributed by atoms with van der Waals surface area (Å²) >= 11 is 1.13. The molecule has 182 valence electrons. The van der Waals surface area contributed by atoms with Crippen LogP contribution in [0.2, 0.25) is 0 Å². The number of benzene rings is 3. The van der Waals surface area contributed by atoms with Gasteiger partial charge in [-0.25, -0.2) is 9.37 Å². The molecule has 0 saturated carbocycles. The van der Waals surface area contributed by atoms with Gasteiger partial charge in [-0.1, -0.05) is 86.2 Å². The molecule has 4 aromatic rings. The molecule has 1 N–H and O–H groups in total. The van der Waals surface area contributed by atoms with Gasteiger partial charge in [0.2, 0.25) is 0 Å². The van der Waals surface area contributed by atoms with Crippen LogP contribution >= 0.6 is 11.3 Å². The maximum atomic E-state index is 13.8. The zero-order valence-electron chi connectivity index (χ0n) is 20.4. The number of aliphatic hydroxyl groups excluding tert-OH is 1. The standard InChI is InChI=1S/C29H25FN2O3S/c1-16-5-7-18(8-6-16)25(33)23-24(17-9-11-19(12-10-17)29(2,3)4)32(27(35)26(23)34)28-31-21-14-13-20(30)15-22(21)36-28/h5-15,24,33H,1-4H3/t24-/m1/s1. The highest BCUT2D eigenvalue weighted by atomic mass is 32.1. The van der Waals surface area contributed by atoms with Crippen molar-refractivity contribution in [3.05, 3.63) is 100 Å². The molecule has 5 rings (SSSR count). The maximum absolute atomic E-state index is 13.8. The Kier molecular flexibility index (Phi) is 5.75. The van der Waals surface area contributed by atoms with E-state index in [9.17, 15) is 19.1 Å². The fraction of sp³-hybridized carbons (Fsp3) is 0.207. The van der Waals surface area contributed by atoms with Crippen LogP contribution in [-0.4, -0.2) is 21.8 Å². The molecule has 5 nitrogen and oxygen atoms in total. The quantitative estimate of drug-likeness (QED) is 0.194. The second-order valence-electron chi connectivity index (χ2n) is 10.0. The fourth-order valence-corrected chi connectivity index (χ4v) is 5.38. The van der Waals surface area contributed by atoms with Crippen LogP contribution in [0.5, 0.6) is 0 Å². The average Bonchev–Trinajstić information content (AvgIpc) is 3.36. The van der Waals surface area contributed by atoms with E-state index in [1.807, 2.05) is 43.3 Å². The number of aryl methyl sites for hydroxylation is 1. The van der Waals surface area contributed by atoms with Crippen LogP contribution < -0.4 is 4.90 Å². The number of aliphatic hydroxyl groups is 1. The molecule has 0 aliphatic carbocycles. The SMILES string of the molecule is Cc1ccc(C(O)=C2C(=O)C(=O)N(c3nc4ccc(F)cc4s3)[C@@H]2c2ccc(C(C)(C)C)cc2)cc1. The molecule has 1 amide bonds. The summed E-state index contributed by atoms with van der Waals surface area (Å²) < 4.78 is 14.4. The molecule has 1 fully saturated rings. The summed E-state index contributed by atoms with van der Waals surface area (Å²) in [6, 6.07) is 18.1. The Labute approximate surface area is 212 Å². The third kappa shape index (κ3) is 4.09. The Balaban J connectivity index is 1.71. The van der Waals surface area contributed by atoms with Gasteiger partial charge in [-0.05, 0) is 41.7 Å². The van der Waals surface area contributed by atoms with Gasteiger partial charge in [-0.2, -0.15) is 0 Å². The minimum atomic E-state index is -0.884. The minimum Gasteiger partial charge on any atom is -0.507 e. The largest absolute Gasteiger partial charge is 0.507 e. The van der Waals surface area contributed by atoms with Gasteiger partial charge >= 0.3 is 5.91 Å². The lowest BCUT2D eigenvalue weighted by molar-refractivity contribution is -0.132. The molecule has 0 bridgehead atoms. The molecule has 36 heavy (non-hydrogen) atoms. The van der Waals surface area contributed by atoms with Crippen molar-refractivity contribution in [1.82, 2.24) is 4.98 Å². The smallest absolute Gasteiger partial charge is 0.301 e. The molecular weight excluding hydrogens is 475 g/mol. The van der Waals surface area contributed by atoms with Crippen molar-refractivity contribution in [2.75, 3.05) is 4.90 Å². The predicted octanol–water partition coefficient (Wildman–Crippen LogP) is 6.67. The number of ketones is 1. The minimum absolute atomic E-state index is 0.00204. The first kappa shape index (κ1) is 23.9. The molecule has 1 saturated heterocycles. The van der Waals surface area contributed by atoms with Gasteiger partial charge in [0.15, 0.2) is 5.13 Å². The summed E-state index contributed by atoms with van der Waals surface area (Å²) in [5, 5.41) is 11.5.